The minimum Gasteiger partial charge on any atom is -0.451 e. The predicted octanol–water partition coefficient (Wildman–Crippen LogP) is 2.56. The molecule has 0 unspecified atom stereocenters. The predicted molar refractivity (Wildman–Crippen MR) is 86.3 cm³/mol. The van der Waals surface area contributed by atoms with Crippen molar-refractivity contribution in [1.29, 1.82) is 0 Å². The van der Waals surface area contributed by atoms with Crippen molar-refractivity contribution in [3.63, 3.8) is 0 Å². The first kappa shape index (κ1) is 16.1. The second-order valence-electron chi connectivity index (χ2n) is 5.86. The van der Waals surface area contributed by atoms with Crippen LogP contribution in [-0.4, -0.2) is 46.3 Å². The lowest BCUT2D eigenvalue weighted by Crippen LogP contribution is -2.52. The third-order valence-electron chi connectivity index (χ3n) is 4.09. The number of nitrogens with zero attached hydrogens (tertiary/aromatic N) is 1. The van der Waals surface area contributed by atoms with Crippen molar-refractivity contribution in [2.24, 2.45) is 0 Å². The summed E-state index contributed by atoms with van der Waals surface area (Å²) in [5.74, 6) is 0.422. The Hall–Kier alpha value is -1.82. The fourth-order valence-corrected chi connectivity index (χ4v) is 3.06. The Morgan fingerprint density at radius 2 is 2.09 bits per heavy atom. The Labute approximate surface area is 139 Å². The number of aliphatic hydroxyl groups is 2. The lowest BCUT2D eigenvalue weighted by Gasteiger charge is -2.37. The van der Waals surface area contributed by atoms with Gasteiger partial charge in [-0.1, -0.05) is 23.7 Å². The van der Waals surface area contributed by atoms with Crippen molar-refractivity contribution >= 4 is 17.5 Å². The van der Waals surface area contributed by atoms with E-state index in [1.54, 1.807) is 18.2 Å². The van der Waals surface area contributed by atoms with E-state index in [0.717, 1.165) is 5.56 Å². The number of furan rings is 1. The van der Waals surface area contributed by atoms with Crippen molar-refractivity contribution < 1.29 is 19.4 Å². The van der Waals surface area contributed by atoms with Gasteiger partial charge in [-0.2, -0.15) is 0 Å². The van der Waals surface area contributed by atoms with Crippen LogP contribution in [0.25, 0.3) is 11.3 Å². The summed E-state index contributed by atoms with van der Waals surface area (Å²) < 4.78 is 5.65. The molecule has 1 fully saturated rings. The topological polar surface area (TPSA) is 73.9 Å². The highest BCUT2D eigenvalue weighted by atomic mass is 35.5. The molecule has 2 N–H and O–H groups in total. The number of hydrogen-bond donors (Lipinski definition) is 2. The van der Waals surface area contributed by atoms with Crippen LogP contribution in [0.5, 0.6) is 0 Å². The highest BCUT2D eigenvalue weighted by molar-refractivity contribution is 6.33. The summed E-state index contributed by atoms with van der Waals surface area (Å²) in [6, 6.07) is 10.6. The molecular weight excluding hydrogens is 318 g/mol. The van der Waals surface area contributed by atoms with Gasteiger partial charge in [-0.3, -0.25) is 4.79 Å². The van der Waals surface area contributed by atoms with Crippen LogP contribution in [0.2, 0.25) is 5.02 Å². The van der Waals surface area contributed by atoms with Crippen LogP contribution >= 0.6 is 11.6 Å². The normalized spacial score (nSPS) is 21.4. The fourth-order valence-electron chi connectivity index (χ4n) is 2.83. The van der Waals surface area contributed by atoms with Gasteiger partial charge in [0, 0.05) is 12.1 Å². The molecule has 3 rings (SSSR count). The number of amides is 1. The number of halogens is 1. The molecule has 1 aromatic carbocycles. The summed E-state index contributed by atoms with van der Waals surface area (Å²) in [7, 11) is 0. The Kier molecular flexibility index (Phi) is 4.43. The van der Waals surface area contributed by atoms with Crippen LogP contribution < -0.4 is 0 Å². The fraction of sp³-hybridized carbons (Fsp3) is 0.353. The van der Waals surface area contributed by atoms with Gasteiger partial charge in [0.2, 0.25) is 0 Å². The van der Waals surface area contributed by atoms with Gasteiger partial charge in [0.1, 0.15) is 11.4 Å². The van der Waals surface area contributed by atoms with Gasteiger partial charge in [0.15, 0.2) is 5.76 Å². The van der Waals surface area contributed by atoms with E-state index < -0.39 is 5.60 Å². The number of piperidine rings is 1. The van der Waals surface area contributed by atoms with Gasteiger partial charge in [-0.05, 0) is 37.1 Å². The Morgan fingerprint density at radius 3 is 2.83 bits per heavy atom. The van der Waals surface area contributed by atoms with Gasteiger partial charge in [0.05, 0.1) is 18.2 Å². The van der Waals surface area contributed by atoms with E-state index in [9.17, 15) is 15.0 Å². The summed E-state index contributed by atoms with van der Waals surface area (Å²) in [6.07, 6.45) is 1.12. The van der Waals surface area contributed by atoms with Gasteiger partial charge in [-0.25, -0.2) is 0 Å². The molecule has 0 aliphatic carbocycles. The molecule has 0 radical (unpaired) electrons. The third-order valence-corrected chi connectivity index (χ3v) is 4.42. The summed E-state index contributed by atoms with van der Waals surface area (Å²) in [4.78, 5) is 14.0. The van der Waals surface area contributed by atoms with Crippen molar-refractivity contribution in [2.45, 2.75) is 18.4 Å². The highest BCUT2D eigenvalue weighted by Gasteiger charge is 2.35. The Balaban J connectivity index is 1.80. The molecular formula is C17H18ClNO4. The molecule has 1 aliphatic heterocycles. The Morgan fingerprint density at radius 1 is 1.30 bits per heavy atom. The standard InChI is InChI=1S/C17H18ClNO4/c18-13-5-2-1-4-12(13)14-6-7-15(23-14)16(21)19-9-3-8-17(22,10-19)11-20/h1-2,4-7,20,22H,3,8-11H2/t17-/m0/s1. The average Bonchev–Trinajstić information content (AvgIpc) is 3.04. The number of β-amino-alcohol motifs (C(OH)–C–C–N with tert-alkyl or cyclic N) is 1. The van der Waals surface area contributed by atoms with Crippen LogP contribution in [0.1, 0.15) is 23.4 Å². The second-order valence-corrected chi connectivity index (χ2v) is 6.26. The first-order chi connectivity index (χ1) is 11.0. The maximum Gasteiger partial charge on any atom is 0.289 e. The zero-order valence-corrected chi connectivity index (χ0v) is 13.3. The largest absolute Gasteiger partial charge is 0.451 e. The molecule has 23 heavy (non-hydrogen) atoms. The van der Waals surface area contributed by atoms with Gasteiger partial charge < -0.3 is 19.5 Å². The molecule has 1 saturated heterocycles. The van der Waals surface area contributed by atoms with Crippen LogP contribution in [0.4, 0.5) is 0 Å². The van der Waals surface area contributed by atoms with Gasteiger partial charge >= 0.3 is 0 Å². The van der Waals surface area contributed by atoms with Crippen molar-refractivity contribution in [3.05, 3.63) is 47.2 Å². The monoisotopic (exact) mass is 335 g/mol. The molecule has 0 bridgehead atoms. The number of rotatable bonds is 3. The molecule has 1 aromatic heterocycles. The number of hydrogen-bond acceptors (Lipinski definition) is 4. The molecule has 0 saturated carbocycles. The summed E-state index contributed by atoms with van der Waals surface area (Å²) in [5.41, 5.74) is -0.509. The molecule has 2 heterocycles. The summed E-state index contributed by atoms with van der Waals surface area (Å²) in [6.45, 7) is 0.271. The first-order valence-electron chi connectivity index (χ1n) is 7.50. The van der Waals surface area contributed by atoms with Crippen LogP contribution in [-0.2, 0) is 0 Å². The molecule has 122 valence electrons. The minimum absolute atomic E-state index is 0.102. The average molecular weight is 336 g/mol. The zero-order valence-electron chi connectivity index (χ0n) is 12.5. The SMILES string of the molecule is O=C(c1ccc(-c2ccccc2Cl)o1)N1CCC[C@@](O)(CO)C1. The van der Waals surface area contributed by atoms with E-state index in [1.165, 1.54) is 4.90 Å². The number of carbonyl (C=O) groups excluding carboxylic acids is 1. The lowest BCUT2D eigenvalue weighted by atomic mass is 9.93. The highest BCUT2D eigenvalue weighted by Crippen LogP contribution is 2.30. The first-order valence-corrected chi connectivity index (χ1v) is 7.87. The Bertz CT molecular complexity index is 714. The molecule has 2 aromatic rings. The van der Waals surface area contributed by atoms with Crippen molar-refractivity contribution in [2.75, 3.05) is 19.7 Å². The van der Waals surface area contributed by atoms with E-state index >= 15 is 0 Å². The van der Waals surface area contributed by atoms with E-state index in [4.69, 9.17) is 16.0 Å². The number of likely N-dealkylation sites (tertiary alicyclic amines) is 1. The van der Waals surface area contributed by atoms with E-state index in [-0.39, 0.29) is 24.8 Å². The number of benzene rings is 1. The molecule has 6 heteroatoms. The van der Waals surface area contributed by atoms with Crippen LogP contribution in [0, 0.1) is 0 Å². The zero-order chi connectivity index (χ0) is 16.4. The van der Waals surface area contributed by atoms with E-state index in [1.807, 2.05) is 18.2 Å². The molecule has 5 nitrogen and oxygen atoms in total. The summed E-state index contributed by atoms with van der Waals surface area (Å²) in [5, 5.41) is 20.0. The number of aliphatic hydroxyl groups excluding tert-OH is 1. The van der Waals surface area contributed by atoms with Gasteiger partial charge in [0.25, 0.3) is 5.91 Å². The van der Waals surface area contributed by atoms with E-state index in [2.05, 4.69) is 0 Å². The molecule has 1 amide bonds. The van der Waals surface area contributed by atoms with Crippen LogP contribution in [0.15, 0.2) is 40.8 Å². The van der Waals surface area contributed by atoms with Crippen molar-refractivity contribution in [1.82, 2.24) is 4.90 Å². The third kappa shape index (κ3) is 3.27. The maximum atomic E-state index is 12.5. The maximum absolute atomic E-state index is 12.5. The minimum atomic E-state index is -1.23. The summed E-state index contributed by atoms with van der Waals surface area (Å²) >= 11 is 6.14. The number of carbonyl (C=O) groups is 1. The lowest BCUT2D eigenvalue weighted by molar-refractivity contribution is -0.0602. The molecule has 1 aliphatic rings. The smallest absolute Gasteiger partial charge is 0.289 e. The van der Waals surface area contributed by atoms with E-state index in [0.29, 0.717) is 30.2 Å². The second kappa shape index (κ2) is 6.35. The van der Waals surface area contributed by atoms with Crippen LogP contribution in [0.3, 0.4) is 0 Å². The van der Waals surface area contributed by atoms with Crippen molar-refractivity contribution in [3.8, 4) is 11.3 Å². The molecule has 1 atom stereocenters. The molecule has 0 spiro atoms. The quantitative estimate of drug-likeness (QED) is 0.904. The van der Waals surface area contributed by atoms with Gasteiger partial charge in [-0.15, -0.1) is 0 Å².